The Morgan fingerprint density at radius 3 is 2.46 bits per heavy atom. The predicted octanol–water partition coefficient (Wildman–Crippen LogP) is 3.05. The molecule has 1 rings (SSSR count). The van der Waals surface area contributed by atoms with Crippen molar-refractivity contribution < 1.29 is 1.43 Å². The molecule has 0 aliphatic heterocycles. The maximum atomic E-state index is 3.41. The summed E-state index contributed by atoms with van der Waals surface area (Å²) >= 11 is 0. The van der Waals surface area contributed by atoms with Crippen LogP contribution in [0.25, 0.3) is 0 Å². The van der Waals surface area contributed by atoms with E-state index in [-0.39, 0.29) is 1.43 Å². The summed E-state index contributed by atoms with van der Waals surface area (Å²) in [7, 11) is 0. The summed E-state index contributed by atoms with van der Waals surface area (Å²) in [5.41, 5.74) is 4.12. The molecule has 1 aromatic carbocycles. The van der Waals surface area contributed by atoms with Crippen molar-refractivity contribution in [1.29, 1.82) is 0 Å². The first kappa shape index (κ1) is 10.3. The topological polar surface area (TPSA) is 12.0 Å². The van der Waals surface area contributed by atoms with Crippen LogP contribution in [-0.2, 0) is 6.54 Å². The second-order valence-corrected chi connectivity index (χ2v) is 3.95. The second-order valence-electron chi connectivity index (χ2n) is 3.95. The lowest BCUT2D eigenvalue weighted by molar-refractivity contribution is 0.588. The van der Waals surface area contributed by atoms with Crippen molar-refractivity contribution in [3.63, 3.8) is 0 Å². The van der Waals surface area contributed by atoms with E-state index in [4.69, 9.17) is 0 Å². The Hall–Kier alpha value is -0.820. The Kier molecular flexibility index (Phi) is 3.49. The largest absolute Gasteiger partial charge is 0.310 e. The first-order valence-corrected chi connectivity index (χ1v) is 4.89. The minimum atomic E-state index is 0. The molecule has 13 heavy (non-hydrogen) atoms. The summed E-state index contributed by atoms with van der Waals surface area (Å²) in [6.07, 6.45) is 0. The first-order chi connectivity index (χ1) is 6.09. The van der Waals surface area contributed by atoms with Crippen LogP contribution in [0.2, 0.25) is 0 Å². The molecule has 0 saturated heterocycles. The van der Waals surface area contributed by atoms with Crippen molar-refractivity contribution >= 4 is 0 Å². The molecule has 0 radical (unpaired) electrons. The normalized spacial score (nSPS) is 10.8. The summed E-state index contributed by atoms with van der Waals surface area (Å²) < 4.78 is 0. The maximum Gasteiger partial charge on any atom is 0.0207 e. The van der Waals surface area contributed by atoms with Crippen LogP contribution in [0.3, 0.4) is 0 Å². The summed E-state index contributed by atoms with van der Waals surface area (Å²) in [6, 6.07) is 7.19. The van der Waals surface area contributed by atoms with E-state index in [0.717, 1.165) is 6.54 Å². The number of hydrogen-bond acceptors (Lipinski definition) is 1. The average molecular weight is 179 g/mol. The van der Waals surface area contributed by atoms with Crippen molar-refractivity contribution in [2.45, 2.75) is 40.3 Å². The molecule has 0 amide bonds. The van der Waals surface area contributed by atoms with Crippen molar-refractivity contribution in [3.8, 4) is 0 Å². The quantitative estimate of drug-likeness (QED) is 0.752. The van der Waals surface area contributed by atoms with E-state index >= 15 is 0 Å². The van der Waals surface area contributed by atoms with Gasteiger partial charge in [-0.05, 0) is 30.5 Å². The Bertz CT molecular complexity index is 282. The lowest BCUT2D eigenvalue weighted by Crippen LogP contribution is -2.21. The molecule has 0 heterocycles. The molecule has 0 spiro atoms. The van der Waals surface area contributed by atoms with Gasteiger partial charge in [0.25, 0.3) is 0 Å². The van der Waals surface area contributed by atoms with E-state index in [1.807, 2.05) is 0 Å². The third-order valence-electron chi connectivity index (χ3n) is 2.29. The fourth-order valence-electron chi connectivity index (χ4n) is 1.24. The van der Waals surface area contributed by atoms with E-state index in [1.54, 1.807) is 0 Å². The second kappa shape index (κ2) is 4.43. The summed E-state index contributed by atoms with van der Waals surface area (Å²) in [6.45, 7) is 9.62. The van der Waals surface area contributed by atoms with Crippen LogP contribution >= 0.6 is 0 Å². The van der Waals surface area contributed by atoms with E-state index in [2.05, 4.69) is 51.2 Å². The van der Waals surface area contributed by atoms with Crippen LogP contribution in [0.4, 0.5) is 0 Å². The highest BCUT2D eigenvalue weighted by molar-refractivity contribution is 5.29. The van der Waals surface area contributed by atoms with Gasteiger partial charge in [-0.3, -0.25) is 0 Å². The van der Waals surface area contributed by atoms with E-state index in [9.17, 15) is 0 Å². The predicted molar refractivity (Wildman–Crippen MR) is 60.0 cm³/mol. The van der Waals surface area contributed by atoms with E-state index in [1.165, 1.54) is 16.7 Å². The Balaban J connectivity index is 0.00000169. The van der Waals surface area contributed by atoms with Crippen molar-refractivity contribution in [2.75, 3.05) is 0 Å². The van der Waals surface area contributed by atoms with Gasteiger partial charge < -0.3 is 5.32 Å². The fourth-order valence-corrected chi connectivity index (χ4v) is 1.24. The monoisotopic (exact) mass is 179 g/mol. The summed E-state index contributed by atoms with van der Waals surface area (Å²) in [5.74, 6) is 0. The van der Waals surface area contributed by atoms with Crippen LogP contribution in [0.5, 0.6) is 0 Å². The molecule has 0 aromatic heterocycles. The van der Waals surface area contributed by atoms with Gasteiger partial charge in [0.2, 0.25) is 0 Å². The molecule has 1 heteroatoms. The van der Waals surface area contributed by atoms with E-state index < -0.39 is 0 Å². The Morgan fingerprint density at radius 1 is 1.23 bits per heavy atom. The molecule has 74 valence electrons. The third kappa shape index (κ3) is 3.19. The van der Waals surface area contributed by atoms with Gasteiger partial charge in [0.15, 0.2) is 0 Å². The van der Waals surface area contributed by atoms with Crippen LogP contribution in [0.1, 0.15) is 32.0 Å². The highest BCUT2D eigenvalue weighted by Crippen LogP contribution is 2.09. The highest BCUT2D eigenvalue weighted by Gasteiger charge is 1.97. The summed E-state index contributed by atoms with van der Waals surface area (Å²) in [4.78, 5) is 0. The standard InChI is InChI=1S/C12H19N.H2/c1-9(2)13-8-12-6-5-10(3)11(4)7-12;/h5-7,9,13H,8H2,1-4H3;1H. The molecular formula is C12H21N. The summed E-state index contributed by atoms with van der Waals surface area (Å²) in [5, 5.41) is 3.41. The molecule has 0 unspecified atom stereocenters. The van der Waals surface area contributed by atoms with Crippen LogP contribution in [0.15, 0.2) is 18.2 Å². The number of hydrogen-bond donors (Lipinski definition) is 1. The van der Waals surface area contributed by atoms with Gasteiger partial charge in [0.1, 0.15) is 0 Å². The van der Waals surface area contributed by atoms with Crippen LogP contribution in [-0.4, -0.2) is 6.04 Å². The number of nitrogens with one attached hydrogen (secondary N) is 1. The average Bonchev–Trinajstić information content (AvgIpc) is 2.07. The SMILES string of the molecule is Cc1ccc(CNC(C)C)cc1C.[HH]. The molecular weight excluding hydrogens is 158 g/mol. The molecule has 1 nitrogen and oxygen atoms in total. The third-order valence-corrected chi connectivity index (χ3v) is 2.29. The van der Waals surface area contributed by atoms with Gasteiger partial charge >= 0.3 is 0 Å². The lowest BCUT2D eigenvalue weighted by atomic mass is 10.1. The zero-order valence-corrected chi connectivity index (χ0v) is 9.02. The molecule has 1 aromatic rings. The number of aryl methyl sites for hydroxylation is 2. The number of benzene rings is 1. The van der Waals surface area contributed by atoms with Gasteiger partial charge in [0.05, 0.1) is 0 Å². The molecule has 0 aliphatic carbocycles. The Labute approximate surface area is 82.7 Å². The Morgan fingerprint density at radius 2 is 1.92 bits per heavy atom. The van der Waals surface area contributed by atoms with Crippen LogP contribution in [0, 0.1) is 13.8 Å². The fraction of sp³-hybridized carbons (Fsp3) is 0.500. The zero-order chi connectivity index (χ0) is 9.84. The van der Waals surface area contributed by atoms with Gasteiger partial charge in [-0.15, -0.1) is 0 Å². The molecule has 0 atom stereocenters. The lowest BCUT2D eigenvalue weighted by Gasteiger charge is -2.09. The maximum absolute atomic E-state index is 3.41. The minimum Gasteiger partial charge on any atom is -0.310 e. The number of rotatable bonds is 3. The van der Waals surface area contributed by atoms with Crippen molar-refractivity contribution in [2.24, 2.45) is 0 Å². The van der Waals surface area contributed by atoms with Crippen molar-refractivity contribution in [3.05, 3.63) is 34.9 Å². The van der Waals surface area contributed by atoms with Gasteiger partial charge in [0, 0.05) is 14.0 Å². The van der Waals surface area contributed by atoms with Crippen molar-refractivity contribution in [1.82, 2.24) is 5.32 Å². The molecule has 0 bridgehead atoms. The van der Waals surface area contributed by atoms with E-state index in [0.29, 0.717) is 6.04 Å². The molecule has 0 aliphatic rings. The molecule has 0 fully saturated rings. The molecule has 1 N–H and O–H groups in total. The highest BCUT2D eigenvalue weighted by atomic mass is 14.9. The first-order valence-electron chi connectivity index (χ1n) is 4.89. The smallest absolute Gasteiger partial charge is 0.0207 e. The van der Waals surface area contributed by atoms with Gasteiger partial charge in [-0.25, -0.2) is 0 Å². The van der Waals surface area contributed by atoms with Gasteiger partial charge in [-0.1, -0.05) is 32.0 Å². The zero-order valence-electron chi connectivity index (χ0n) is 9.02. The van der Waals surface area contributed by atoms with Gasteiger partial charge in [-0.2, -0.15) is 0 Å². The van der Waals surface area contributed by atoms with Crippen LogP contribution < -0.4 is 5.32 Å². The molecule has 0 saturated carbocycles. The minimum absolute atomic E-state index is 0.